The molecule has 0 aromatic heterocycles. The summed E-state index contributed by atoms with van der Waals surface area (Å²) in [6, 6.07) is -4.71. The molecule has 2 rings (SSSR count). The molecule has 0 saturated heterocycles. The van der Waals surface area contributed by atoms with Gasteiger partial charge in [0.2, 0.25) is 23.3 Å². The quantitative estimate of drug-likeness (QED) is 0.578. The molecular formula is C16H12F8N2O2. The molecule has 28 heavy (non-hydrogen) atoms. The Labute approximate surface area is 152 Å². The zero-order valence-electron chi connectivity index (χ0n) is 14.1. The number of benzene rings is 2. The largest absolute Gasteiger partial charge is 0.491 e. The van der Waals surface area contributed by atoms with E-state index in [1.807, 2.05) is 0 Å². The van der Waals surface area contributed by atoms with Gasteiger partial charge in [0.15, 0.2) is 34.8 Å². The van der Waals surface area contributed by atoms with Crippen LogP contribution in [0.5, 0.6) is 11.5 Å². The highest BCUT2D eigenvalue weighted by Crippen LogP contribution is 2.39. The molecule has 0 unspecified atom stereocenters. The van der Waals surface area contributed by atoms with E-state index in [0.29, 0.717) is 0 Å². The van der Waals surface area contributed by atoms with Gasteiger partial charge < -0.3 is 20.9 Å². The molecule has 0 saturated carbocycles. The Morgan fingerprint density at radius 1 is 0.500 bits per heavy atom. The predicted octanol–water partition coefficient (Wildman–Crippen LogP) is 3.52. The van der Waals surface area contributed by atoms with Crippen LogP contribution in [-0.4, -0.2) is 14.2 Å². The van der Waals surface area contributed by atoms with Gasteiger partial charge in [-0.3, -0.25) is 0 Å². The molecule has 2 aromatic rings. The van der Waals surface area contributed by atoms with Crippen LogP contribution in [-0.2, 0) is 0 Å². The van der Waals surface area contributed by atoms with Gasteiger partial charge in [0.25, 0.3) is 0 Å². The van der Waals surface area contributed by atoms with Crippen molar-refractivity contribution in [2.45, 2.75) is 12.1 Å². The summed E-state index contributed by atoms with van der Waals surface area (Å²) in [6.07, 6.45) is 0. The van der Waals surface area contributed by atoms with Gasteiger partial charge in [0.05, 0.1) is 26.3 Å². The lowest BCUT2D eigenvalue weighted by atomic mass is 9.92. The third-order valence-corrected chi connectivity index (χ3v) is 3.98. The van der Waals surface area contributed by atoms with Gasteiger partial charge in [0, 0.05) is 11.1 Å². The van der Waals surface area contributed by atoms with E-state index in [1.165, 1.54) is 0 Å². The fourth-order valence-corrected chi connectivity index (χ4v) is 2.56. The standard InChI is InChI=1S/C16H12F8N2O2/c1-27-15-9(21)5(17)3(6(18)10(15)22)13(25)14(26)4-7(19)11(23)16(28-2)12(24)8(4)20/h13-14H,25-26H2,1-2H3/t13-,14-/m0/s1. The molecule has 0 fully saturated rings. The predicted molar refractivity (Wildman–Crippen MR) is 79.5 cm³/mol. The molecule has 4 N–H and O–H groups in total. The smallest absolute Gasteiger partial charge is 0.204 e. The van der Waals surface area contributed by atoms with Gasteiger partial charge in [-0.25, -0.2) is 17.6 Å². The molecular weight excluding hydrogens is 404 g/mol. The second-order valence-electron chi connectivity index (χ2n) is 5.46. The molecule has 0 amide bonds. The highest BCUT2D eigenvalue weighted by molar-refractivity contribution is 5.40. The summed E-state index contributed by atoms with van der Waals surface area (Å²) in [4.78, 5) is 0. The van der Waals surface area contributed by atoms with Crippen LogP contribution >= 0.6 is 0 Å². The lowest BCUT2D eigenvalue weighted by Gasteiger charge is -2.24. The van der Waals surface area contributed by atoms with Crippen LogP contribution in [0.3, 0.4) is 0 Å². The van der Waals surface area contributed by atoms with Crippen molar-refractivity contribution >= 4 is 0 Å². The molecule has 0 heterocycles. The Kier molecular flexibility index (Phi) is 6.04. The summed E-state index contributed by atoms with van der Waals surface area (Å²) in [6.45, 7) is 0. The summed E-state index contributed by atoms with van der Waals surface area (Å²) in [5, 5.41) is 0. The van der Waals surface area contributed by atoms with Gasteiger partial charge in [-0.05, 0) is 0 Å². The minimum absolute atomic E-state index is 0.722. The molecule has 0 bridgehead atoms. The monoisotopic (exact) mass is 416 g/mol. The number of methoxy groups -OCH3 is 2. The number of hydrogen-bond donors (Lipinski definition) is 2. The summed E-state index contributed by atoms with van der Waals surface area (Å²) in [7, 11) is 1.44. The summed E-state index contributed by atoms with van der Waals surface area (Å²) >= 11 is 0. The Bertz CT molecular complexity index is 804. The van der Waals surface area contributed by atoms with Crippen molar-refractivity contribution < 1.29 is 44.6 Å². The first-order chi connectivity index (χ1) is 13.0. The maximum absolute atomic E-state index is 14.1. The molecule has 4 nitrogen and oxygen atoms in total. The summed E-state index contributed by atoms with van der Waals surface area (Å²) in [5.41, 5.74) is 7.76. The zero-order valence-corrected chi connectivity index (χ0v) is 14.1. The Morgan fingerprint density at radius 2 is 0.714 bits per heavy atom. The van der Waals surface area contributed by atoms with E-state index in [9.17, 15) is 35.1 Å². The molecule has 0 spiro atoms. The normalized spacial score (nSPS) is 13.4. The maximum Gasteiger partial charge on any atom is 0.204 e. The van der Waals surface area contributed by atoms with E-state index in [4.69, 9.17) is 11.5 Å². The fraction of sp³-hybridized carbons (Fsp3) is 0.250. The van der Waals surface area contributed by atoms with Crippen LogP contribution in [0.2, 0.25) is 0 Å². The molecule has 2 atom stereocenters. The SMILES string of the molecule is COc1c(F)c(F)c([C@H](N)[C@@H](N)c2c(F)c(F)c(OC)c(F)c2F)c(F)c1F. The first-order valence-electron chi connectivity index (χ1n) is 7.31. The lowest BCUT2D eigenvalue weighted by Crippen LogP contribution is -2.31. The topological polar surface area (TPSA) is 70.5 Å². The highest BCUT2D eigenvalue weighted by Gasteiger charge is 2.36. The number of hydrogen-bond acceptors (Lipinski definition) is 4. The van der Waals surface area contributed by atoms with E-state index < -0.39 is 81.2 Å². The van der Waals surface area contributed by atoms with Gasteiger partial charge in [-0.2, -0.15) is 17.6 Å². The molecule has 154 valence electrons. The number of nitrogens with two attached hydrogens (primary N) is 2. The van der Waals surface area contributed by atoms with Crippen molar-refractivity contribution in [2.75, 3.05) is 14.2 Å². The molecule has 0 aliphatic rings. The van der Waals surface area contributed by atoms with Crippen molar-refractivity contribution in [3.63, 3.8) is 0 Å². The highest BCUT2D eigenvalue weighted by atomic mass is 19.2. The molecule has 12 heteroatoms. The number of rotatable bonds is 5. The van der Waals surface area contributed by atoms with Gasteiger partial charge in [-0.15, -0.1) is 0 Å². The average molecular weight is 416 g/mol. The second-order valence-corrected chi connectivity index (χ2v) is 5.46. The van der Waals surface area contributed by atoms with Crippen LogP contribution in [0.1, 0.15) is 23.2 Å². The van der Waals surface area contributed by atoms with E-state index in [1.54, 1.807) is 0 Å². The third-order valence-electron chi connectivity index (χ3n) is 3.98. The van der Waals surface area contributed by atoms with Crippen LogP contribution < -0.4 is 20.9 Å². The van der Waals surface area contributed by atoms with Crippen LogP contribution in [0.15, 0.2) is 0 Å². The second kappa shape index (κ2) is 7.80. The number of ether oxygens (including phenoxy) is 2. The van der Waals surface area contributed by atoms with Crippen molar-refractivity contribution in [2.24, 2.45) is 11.5 Å². The Balaban J connectivity index is 2.69. The van der Waals surface area contributed by atoms with E-state index in [0.717, 1.165) is 14.2 Å². The fourth-order valence-electron chi connectivity index (χ4n) is 2.56. The average Bonchev–Trinajstić information content (AvgIpc) is 2.66. The van der Waals surface area contributed by atoms with E-state index in [2.05, 4.69) is 9.47 Å². The maximum atomic E-state index is 14.1. The number of halogens is 8. The van der Waals surface area contributed by atoms with Gasteiger partial charge in [0.1, 0.15) is 0 Å². The Hall–Kier alpha value is -2.60. The van der Waals surface area contributed by atoms with Crippen molar-refractivity contribution in [1.82, 2.24) is 0 Å². The van der Waals surface area contributed by atoms with Crippen LogP contribution in [0.25, 0.3) is 0 Å². The van der Waals surface area contributed by atoms with Crippen LogP contribution in [0.4, 0.5) is 35.1 Å². The zero-order chi connectivity index (χ0) is 21.5. The van der Waals surface area contributed by atoms with Gasteiger partial charge >= 0.3 is 0 Å². The van der Waals surface area contributed by atoms with Crippen molar-refractivity contribution in [3.8, 4) is 11.5 Å². The third kappa shape index (κ3) is 3.11. The summed E-state index contributed by atoms with van der Waals surface area (Å²) < 4.78 is 120. The first-order valence-corrected chi connectivity index (χ1v) is 7.31. The minimum Gasteiger partial charge on any atom is -0.491 e. The molecule has 0 aliphatic heterocycles. The minimum atomic E-state index is -2.36. The van der Waals surface area contributed by atoms with Gasteiger partial charge in [-0.1, -0.05) is 0 Å². The van der Waals surface area contributed by atoms with Crippen LogP contribution in [0, 0.1) is 46.5 Å². The van der Waals surface area contributed by atoms with Crippen molar-refractivity contribution in [1.29, 1.82) is 0 Å². The Morgan fingerprint density at radius 3 is 0.893 bits per heavy atom. The van der Waals surface area contributed by atoms with E-state index >= 15 is 0 Å². The van der Waals surface area contributed by atoms with Crippen molar-refractivity contribution in [3.05, 3.63) is 57.7 Å². The molecule has 0 radical (unpaired) electrons. The first kappa shape index (κ1) is 21.7. The van der Waals surface area contributed by atoms with E-state index in [-0.39, 0.29) is 0 Å². The molecule has 0 aliphatic carbocycles. The lowest BCUT2D eigenvalue weighted by molar-refractivity contribution is 0.316. The molecule has 2 aromatic carbocycles. The summed E-state index contributed by atoms with van der Waals surface area (Å²) in [5.74, 6) is -19.1.